The van der Waals surface area contributed by atoms with Crippen LogP contribution >= 0.6 is 0 Å². The topological polar surface area (TPSA) is 63.8 Å². The van der Waals surface area contributed by atoms with E-state index in [4.69, 9.17) is 11.3 Å². The Morgan fingerprint density at radius 2 is 2.50 bits per heavy atom. The van der Waals surface area contributed by atoms with Gasteiger partial charge in [-0.3, -0.25) is 4.79 Å². The Bertz CT molecular complexity index is 690. The molecule has 0 saturated carbocycles. The van der Waals surface area contributed by atoms with E-state index in [9.17, 15) is 4.79 Å². The molecule has 2 aromatic heterocycles. The number of rotatable bonds is 4. The summed E-state index contributed by atoms with van der Waals surface area (Å²) in [6.07, 6.45) is 3.52. The van der Waals surface area contributed by atoms with E-state index in [0.717, 1.165) is 0 Å². The van der Waals surface area contributed by atoms with Gasteiger partial charge in [0.05, 0.1) is 18.9 Å². The molecular weight excluding hydrogens is 232 g/mol. The van der Waals surface area contributed by atoms with Gasteiger partial charge in [0.2, 0.25) is 5.69 Å². The van der Waals surface area contributed by atoms with Crippen LogP contribution in [0, 0.1) is 6.57 Å². The van der Waals surface area contributed by atoms with Crippen LogP contribution in [0.15, 0.2) is 23.6 Å². The number of methoxy groups -OCH3 is 1. The summed E-state index contributed by atoms with van der Waals surface area (Å²) in [5.74, 6) is 0. The van der Waals surface area contributed by atoms with E-state index in [2.05, 4.69) is 21.5 Å². The van der Waals surface area contributed by atoms with Gasteiger partial charge in [0.15, 0.2) is 5.65 Å². The molecule has 0 radical (unpaired) electrons. The second-order valence-electron chi connectivity index (χ2n) is 3.70. The number of nitrogens with one attached hydrogen (secondary N) is 1. The van der Waals surface area contributed by atoms with E-state index >= 15 is 0 Å². The van der Waals surface area contributed by atoms with E-state index in [0.29, 0.717) is 29.0 Å². The first kappa shape index (κ1) is 12.1. The van der Waals surface area contributed by atoms with Crippen molar-refractivity contribution in [2.45, 2.75) is 13.0 Å². The van der Waals surface area contributed by atoms with Crippen LogP contribution in [-0.4, -0.2) is 21.7 Å². The maximum atomic E-state index is 12.2. The third-order valence-corrected chi connectivity index (χ3v) is 2.57. The molecule has 0 bridgehead atoms. The van der Waals surface area contributed by atoms with Gasteiger partial charge in [0.25, 0.3) is 5.56 Å². The van der Waals surface area contributed by atoms with Gasteiger partial charge < -0.3 is 9.84 Å². The third-order valence-electron chi connectivity index (χ3n) is 2.57. The molecule has 0 fully saturated rings. The molecule has 0 saturated heterocycles. The Balaban J connectivity index is 2.79. The van der Waals surface area contributed by atoms with E-state index < -0.39 is 0 Å². The first-order chi connectivity index (χ1) is 8.72. The Hall–Kier alpha value is -2.39. The minimum Gasteiger partial charge on any atom is -0.378 e. The van der Waals surface area contributed by atoms with Crippen LogP contribution in [0.3, 0.4) is 0 Å². The number of hydrogen-bond donors (Lipinski definition) is 1. The maximum absolute atomic E-state index is 12.2. The zero-order valence-electron chi connectivity index (χ0n) is 9.93. The summed E-state index contributed by atoms with van der Waals surface area (Å²) in [6.45, 7) is 10.9. The van der Waals surface area contributed by atoms with Gasteiger partial charge in [0, 0.05) is 18.9 Å². The molecule has 0 atom stereocenters. The van der Waals surface area contributed by atoms with Crippen molar-refractivity contribution in [2.75, 3.05) is 7.11 Å². The van der Waals surface area contributed by atoms with Crippen LogP contribution < -0.4 is 5.56 Å². The number of aromatic nitrogens is 3. The predicted molar refractivity (Wildman–Crippen MR) is 66.7 cm³/mol. The van der Waals surface area contributed by atoms with Crippen molar-refractivity contribution in [1.82, 2.24) is 14.6 Å². The van der Waals surface area contributed by atoms with Crippen molar-refractivity contribution in [2.24, 2.45) is 0 Å². The molecule has 0 aliphatic heterocycles. The number of fused-ring (bicyclic) bond motifs is 1. The summed E-state index contributed by atoms with van der Waals surface area (Å²) < 4.78 is 6.31. The molecule has 1 N–H and O–H groups in total. The zero-order chi connectivity index (χ0) is 13.1. The molecule has 2 heterocycles. The summed E-state index contributed by atoms with van der Waals surface area (Å²) in [5, 5.41) is 2.73. The molecule has 0 aliphatic carbocycles. The predicted octanol–water partition coefficient (Wildman–Crippen LogP) is 1.45. The van der Waals surface area contributed by atoms with Crippen LogP contribution in [0.1, 0.15) is 11.3 Å². The van der Waals surface area contributed by atoms with Gasteiger partial charge in [-0.15, -0.1) is 6.58 Å². The van der Waals surface area contributed by atoms with Crippen LogP contribution in [0.4, 0.5) is 5.69 Å². The van der Waals surface area contributed by atoms with Crippen molar-refractivity contribution in [1.29, 1.82) is 0 Å². The number of H-pyrrole nitrogens is 1. The van der Waals surface area contributed by atoms with E-state index in [-0.39, 0.29) is 12.2 Å². The highest BCUT2D eigenvalue weighted by atomic mass is 16.5. The highest BCUT2D eigenvalue weighted by Gasteiger charge is 2.14. The molecule has 0 unspecified atom stereocenters. The number of aromatic amines is 1. The number of ether oxygens (including phenoxy) is 1. The van der Waals surface area contributed by atoms with Crippen molar-refractivity contribution < 1.29 is 4.74 Å². The molecule has 0 amide bonds. The lowest BCUT2D eigenvalue weighted by Crippen LogP contribution is -2.22. The second-order valence-corrected chi connectivity index (χ2v) is 3.70. The summed E-state index contributed by atoms with van der Waals surface area (Å²) in [7, 11) is 1.54. The molecule has 0 aromatic carbocycles. The zero-order valence-corrected chi connectivity index (χ0v) is 9.93. The number of hydrogen-bond acceptors (Lipinski definition) is 3. The van der Waals surface area contributed by atoms with Gasteiger partial charge in [-0.05, 0) is 6.42 Å². The molecule has 2 aromatic rings. The summed E-state index contributed by atoms with van der Waals surface area (Å²) >= 11 is 0. The lowest BCUT2D eigenvalue weighted by Gasteiger charge is -2.06. The minimum atomic E-state index is -0.221. The van der Waals surface area contributed by atoms with Crippen LogP contribution in [0.5, 0.6) is 0 Å². The van der Waals surface area contributed by atoms with Gasteiger partial charge in [-0.2, -0.15) is 0 Å². The van der Waals surface area contributed by atoms with Crippen LogP contribution in [-0.2, 0) is 17.8 Å². The highest BCUT2D eigenvalue weighted by Crippen LogP contribution is 2.18. The number of nitrogens with zero attached hydrogens (tertiary/aromatic N) is 3. The van der Waals surface area contributed by atoms with Gasteiger partial charge in [-0.1, -0.05) is 6.08 Å². The van der Waals surface area contributed by atoms with Gasteiger partial charge >= 0.3 is 0 Å². The van der Waals surface area contributed by atoms with Gasteiger partial charge in [-0.25, -0.2) is 14.3 Å². The minimum absolute atomic E-state index is 0.221. The first-order valence-electron chi connectivity index (χ1n) is 5.32. The molecule has 92 valence electrons. The Kier molecular flexibility index (Phi) is 3.26. The molecule has 6 nitrogen and oxygen atoms in total. The fourth-order valence-corrected chi connectivity index (χ4v) is 1.77. The molecule has 0 spiro atoms. The molecule has 0 aliphatic rings. The highest BCUT2D eigenvalue weighted by molar-refractivity contribution is 5.67. The fraction of sp³-hybridized carbons (Fsp3) is 0.250. The van der Waals surface area contributed by atoms with Crippen molar-refractivity contribution in [3.63, 3.8) is 0 Å². The van der Waals surface area contributed by atoms with Crippen molar-refractivity contribution >= 4 is 11.3 Å². The Morgan fingerprint density at radius 1 is 1.72 bits per heavy atom. The van der Waals surface area contributed by atoms with Crippen molar-refractivity contribution in [3.8, 4) is 0 Å². The SMILES string of the molecule is [C-]#[N+]c1c[nH]n2c(=O)c(CC=C)c(COC)nc12. The normalized spacial score (nSPS) is 10.4. The van der Waals surface area contributed by atoms with Crippen LogP contribution in [0.25, 0.3) is 10.5 Å². The molecular formula is C12H12N4O2. The van der Waals surface area contributed by atoms with E-state index in [1.54, 1.807) is 6.08 Å². The summed E-state index contributed by atoms with van der Waals surface area (Å²) in [4.78, 5) is 19.9. The lowest BCUT2D eigenvalue weighted by atomic mass is 10.1. The summed E-state index contributed by atoms with van der Waals surface area (Å²) in [5.41, 5.74) is 1.50. The Morgan fingerprint density at radius 3 is 3.11 bits per heavy atom. The monoisotopic (exact) mass is 244 g/mol. The maximum Gasteiger partial charge on any atom is 0.275 e. The standard InChI is InChI=1S/C12H12N4O2/c1-4-5-8-10(7-18-3)15-11-9(13-2)6-14-16(11)12(8)17/h4,6,14H,1,5,7H2,3H3. The van der Waals surface area contributed by atoms with Crippen LogP contribution in [0.2, 0.25) is 0 Å². The molecule has 6 heteroatoms. The third kappa shape index (κ3) is 1.81. The quantitative estimate of drug-likeness (QED) is 0.654. The van der Waals surface area contributed by atoms with Crippen molar-refractivity contribution in [3.05, 3.63) is 51.9 Å². The summed E-state index contributed by atoms with van der Waals surface area (Å²) in [6, 6.07) is 0. The fourth-order valence-electron chi connectivity index (χ4n) is 1.77. The number of allylic oxidation sites excluding steroid dienone is 1. The first-order valence-corrected chi connectivity index (χ1v) is 5.32. The van der Waals surface area contributed by atoms with Gasteiger partial charge in [0.1, 0.15) is 0 Å². The second kappa shape index (κ2) is 4.85. The Labute approximate surface area is 103 Å². The average Bonchev–Trinajstić information content (AvgIpc) is 2.77. The molecule has 2 rings (SSSR count). The van der Waals surface area contributed by atoms with E-state index in [1.807, 2.05) is 0 Å². The average molecular weight is 244 g/mol. The lowest BCUT2D eigenvalue weighted by molar-refractivity contribution is 0.180. The van der Waals surface area contributed by atoms with E-state index in [1.165, 1.54) is 17.8 Å². The largest absolute Gasteiger partial charge is 0.378 e. The smallest absolute Gasteiger partial charge is 0.275 e. The molecule has 18 heavy (non-hydrogen) atoms.